The normalized spacial score (nSPS) is 15.5. The maximum absolute atomic E-state index is 9.48. The van der Waals surface area contributed by atoms with Crippen LogP contribution in [0.15, 0.2) is 0 Å². The Balaban J connectivity index is 4.08. The van der Waals surface area contributed by atoms with Crippen molar-refractivity contribution in [2.24, 2.45) is 0 Å². The van der Waals surface area contributed by atoms with Gasteiger partial charge in [-0.25, -0.2) is 0 Å². The largest absolute Gasteiger partial charge is 0.394 e. The molecule has 0 amide bonds. The molecule has 104 valence electrons. The van der Waals surface area contributed by atoms with E-state index in [1.807, 2.05) is 0 Å². The van der Waals surface area contributed by atoms with E-state index in [0.717, 1.165) is 32.7 Å². The summed E-state index contributed by atoms with van der Waals surface area (Å²) in [6.45, 7) is 11.6. The summed E-state index contributed by atoms with van der Waals surface area (Å²) in [5, 5.41) is 12.8. The van der Waals surface area contributed by atoms with Crippen molar-refractivity contribution in [1.29, 1.82) is 0 Å². The standard InChI is InChI=1S/C13H31N3O/c1-6-14-13(3,12-17)11-16(7-2)10-8-9-15(4)5/h14,17H,6-12H2,1-5H3. The molecule has 0 rings (SSSR count). The van der Waals surface area contributed by atoms with E-state index in [2.05, 4.69) is 50.0 Å². The fourth-order valence-electron chi connectivity index (χ4n) is 2.04. The summed E-state index contributed by atoms with van der Waals surface area (Å²) in [6, 6.07) is 0. The average molecular weight is 245 g/mol. The molecule has 0 aliphatic rings. The van der Waals surface area contributed by atoms with Crippen LogP contribution < -0.4 is 5.32 Å². The van der Waals surface area contributed by atoms with Crippen molar-refractivity contribution in [2.75, 3.05) is 53.4 Å². The van der Waals surface area contributed by atoms with Gasteiger partial charge in [0.15, 0.2) is 0 Å². The van der Waals surface area contributed by atoms with Gasteiger partial charge in [0.1, 0.15) is 0 Å². The minimum absolute atomic E-state index is 0.178. The van der Waals surface area contributed by atoms with E-state index in [4.69, 9.17) is 0 Å². The van der Waals surface area contributed by atoms with Crippen LogP contribution in [-0.2, 0) is 0 Å². The summed E-state index contributed by atoms with van der Waals surface area (Å²) in [5.74, 6) is 0. The second-order valence-electron chi connectivity index (χ2n) is 5.27. The number of aliphatic hydroxyl groups excluding tert-OH is 1. The molecule has 0 heterocycles. The molecule has 0 spiro atoms. The Morgan fingerprint density at radius 1 is 1.18 bits per heavy atom. The number of rotatable bonds is 10. The van der Waals surface area contributed by atoms with Gasteiger partial charge in [0.25, 0.3) is 0 Å². The predicted octanol–water partition coefficient (Wildman–Crippen LogP) is 0.621. The zero-order valence-electron chi connectivity index (χ0n) is 12.3. The molecule has 4 heteroatoms. The average Bonchev–Trinajstić information content (AvgIpc) is 2.27. The number of hydrogen-bond acceptors (Lipinski definition) is 4. The zero-order valence-corrected chi connectivity index (χ0v) is 12.3. The van der Waals surface area contributed by atoms with Crippen LogP contribution >= 0.6 is 0 Å². The van der Waals surface area contributed by atoms with Gasteiger partial charge in [-0.1, -0.05) is 13.8 Å². The van der Waals surface area contributed by atoms with E-state index in [1.165, 1.54) is 6.42 Å². The Morgan fingerprint density at radius 3 is 2.24 bits per heavy atom. The fourth-order valence-corrected chi connectivity index (χ4v) is 2.04. The molecule has 0 aliphatic heterocycles. The van der Waals surface area contributed by atoms with Gasteiger partial charge in [0.05, 0.1) is 12.1 Å². The molecule has 0 saturated heterocycles. The van der Waals surface area contributed by atoms with E-state index < -0.39 is 0 Å². The summed E-state index contributed by atoms with van der Waals surface area (Å²) in [4.78, 5) is 4.62. The number of aliphatic hydroxyl groups is 1. The van der Waals surface area contributed by atoms with E-state index in [0.29, 0.717) is 0 Å². The smallest absolute Gasteiger partial charge is 0.0623 e. The van der Waals surface area contributed by atoms with Gasteiger partial charge in [0.2, 0.25) is 0 Å². The molecular weight excluding hydrogens is 214 g/mol. The summed E-state index contributed by atoms with van der Waals surface area (Å²) >= 11 is 0. The fraction of sp³-hybridized carbons (Fsp3) is 1.00. The second-order valence-corrected chi connectivity index (χ2v) is 5.27. The van der Waals surface area contributed by atoms with Crippen LogP contribution in [0.1, 0.15) is 27.2 Å². The molecular formula is C13H31N3O. The lowest BCUT2D eigenvalue weighted by Crippen LogP contribution is -2.54. The molecule has 1 atom stereocenters. The SMILES string of the molecule is CCNC(C)(CO)CN(CC)CCCN(C)C. The maximum atomic E-state index is 9.48. The van der Waals surface area contributed by atoms with Gasteiger partial charge < -0.3 is 20.2 Å². The van der Waals surface area contributed by atoms with E-state index in [-0.39, 0.29) is 12.1 Å². The Kier molecular flexibility index (Phi) is 8.78. The summed E-state index contributed by atoms with van der Waals surface area (Å²) < 4.78 is 0. The van der Waals surface area contributed by atoms with Crippen molar-refractivity contribution < 1.29 is 5.11 Å². The first-order valence-electron chi connectivity index (χ1n) is 6.70. The molecule has 0 aromatic heterocycles. The molecule has 2 N–H and O–H groups in total. The highest BCUT2D eigenvalue weighted by molar-refractivity contribution is 4.85. The highest BCUT2D eigenvalue weighted by Crippen LogP contribution is 2.06. The van der Waals surface area contributed by atoms with Crippen LogP contribution in [0.2, 0.25) is 0 Å². The molecule has 1 unspecified atom stereocenters. The Morgan fingerprint density at radius 2 is 1.82 bits per heavy atom. The third-order valence-electron chi connectivity index (χ3n) is 3.05. The predicted molar refractivity (Wildman–Crippen MR) is 74.5 cm³/mol. The first kappa shape index (κ1) is 16.8. The van der Waals surface area contributed by atoms with Gasteiger partial charge in [-0.05, 0) is 53.6 Å². The lowest BCUT2D eigenvalue weighted by atomic mass is 10.0. The molecule has 0 aromatic rings. The quantitative estimate of drug-likeness (QED) is 0.592. The lowest BCUT2D eigenvalue weighted by molar-refractivity contribution is 0.122. The highest BCUT2D eigenvalue weighted by Gasteiger charge is 2.24. The number of nitrogens with zero attached hydrogens (tertiary/aromatic N) is 2. The van der Waals surface area contributed by atoms with E-state index in [9.17, 15) is 5.11 Å². The lowest BCUT2D eigenvalue weighted by Gasteiger charge is -2.34. The van der Waals surface area contributed by atoms with Crippen molar-refractivity contribution in [3.05, 3.63) is 0 Å². The number of nitrogens with one attached hydrogen (secondary N) is 1. The van der Waals surface area contributed by atoms with Crippen LogP contribution in [0.25, 0.3) is 0 Å². The molecule has 0 aromatic carbocycles. The number of hydrogen-bond donors (Lipinski definition) is 2. The molecule has 0 bridgehead atoms. The van der Waals surface area contributed by atoms with Gasteiger partial charge in [0, 0.05) is 6.54 Å². The van der Waals surface area contributed by atoms with Gasteiger partial charge >= 0.3 is 0 Å². The highest BCUT2D eigenvalue weighted by atomic mass is 16.3. The summed E-state index contributed by atoms with van der Waals surface area (Å²) in [5.41, 5.74) is -0.178. The number of likely N-dealkylation sites (N-methyl/N-ethyl adjacent to an activating group) is 2. The summed E-state index contributed by atoms with van der Waals surface area (Å²) in [6.07, 6.45) is 1.18. The monoisotopic (exact) mass is 245 g/mol. The Bertz CT molecular complexity index is 188. The second kappa shape index (κ2) is 8.86. The molecule has 0 fully saturated rings. The van der Waals surface area contributed by atoms with E-state index >= 15 is 0 Å². The first-order chi connectivity index (χ1) is 7.97. The van der Waals surface area contributed by atoms with Crippen molar-refractivity contribution in [3.8, 4) is 0 Å². The van der Waals surface area contributed by atoms with Crippen molar-refractivity contribution in [1.82, 2.24) is 15.1 Å². The minimum atomic E-state index is -0.178. The molecule has 4 nitrogen and oxygen atoms in total. The van der Waals surface area contributed by atoms with Crippen LogP contribution in [0, 0.1) is 0 Å². The minimum Gasteiger partial charge on any atom is -0.394 e. The van der Waals surface area contributed by atoms with Crippen LogP contribution in [-0.4, -0.2) is 73.9 Å². The Hall–Kier alpha value is -0.160. The van der Waals surface area contributed by atoms with Crippen molar-refractivity contribution >= 4 is 0 Å². The molecule has 0 radical (unpaired) electrons. The zero-order chi connectivity index (χ0) is 13.3. The van der Waals surface area contributed by atoms with Gasteiger partial charge in [-0.3, -0.25) is 0 Å². The maximum Gasteiger partial charge on any atom is 0.0623 e. The van der Waals surface area contributed by atoms with Crippen LogP contribution in [0.4, 0.5) is 0 Å². The molecule has 0 aliphatic carbocycles. The van der Waals surface area contributed by atoms with Crippen molar-refractivity contribution in [2.45, 2.75) is 32.7 Å². The topological polar surface area (TPSA) is 38.7 Å². The summed E-state index contributed by atoms with van der Waals surface area (Å²) in [7, 11) is 4.21. The van der Waals surface area contributed by atoms with Gasteiger partial charge in [-0.15, -0.1) is 0 Å². The third-order valence-corrected chi connectivity index (χ3v) is 3.05. The molecule has 17 heavy (non-hydrogen) atoms. The van der Waals surface area contributed by atoms with Crippen molar-refractivity contribution in [3.63, 3.8) is 0 Å². The van der Waals surface area contributed by atoms with Crippen LogP contribution in [0.3, 0.4) is 0 Å². The molecule has 0 saturated carbocycles. The Labute approximate surface area is 107 Å². The van der Waals surface area contributed by atoms with E-state index in [1.54, 1.807) is 0 Å². The third kappa shape index (κ3) is 7.71. The van der Waals surface area contributed by atoms with Gasteiger partial charge in [-0.2, -0.15) is 0 Å². The van der Waals surface area contributed by atoms with Crippen LogP contribution in [0.5, 0.6) is 0 Å². The first-order valence-corrected chi connectivity index (χ1v) is 6.70.